The van der Waals surface area contributed by atoms with Crippen molar-refractivity contribution in [3.63, 3.8) is 0 Å². The van der Waals surface area contributed by atoms with E-state index in [9.17, 15) is 23.6 Å². The first kappa shape index (κ1) is 25.4. The molecule has 1 atom stereocenters. The third-order valence-corrected chi connectivity index (χ3v) is 6.77. The molecule has 0 bridgehead atoms. The van der Waals surface area contributed by atoms with Crippen LogP contribution < -0.4 is 24.9 Å². The zero-order valence-corrected chi connectivity index (χ0v) is 20.1. The number of fused-ring (bicyclic) bond motifs is 1. The van der Waals surface area contributed by atoms with Crippen LogP contribution in [0.25, 0.3) is 0 Å². The molecule has 10 heteroatoms. The lowest BCUT2D eigenvalue weighted by atomic mass is 9.88. The monoisotopic (exact) mass is 495 g/mol. The zero-order valence-electron chi connectivity index (χ0n) is 20.1. The first-order valence-corrected chi connectivity index (χ1v) is 11.7. The molecule has 2 aliphatic rings. The van der Waals surface area contributed by atoms with Gasteiger partial charge in [0.25, 0.3) is 0 Å². The molecule has 0 aromatic heterocycles. The van der Waals surface area contributed by atoms with Crippen LogP contribution in [0.4, 0.5) is 24.5 Å². The van der Waals surface area contributed by atoms with Gasteiger partial charge in [0.15, 0.2) is 0 Å². The molecule has 1 saturated heterocycles. The van der Waals surface area contributed by atoms with Crippen LogP contribution in [0.15, 0.2) is 36.4 Å². The van der Waals surface area contributed by atoms with E-state index in [1.807, 2.05) is 18.7 Å². The lowest BCUT2D eigenvalue weighted by Gasteiger charge is -2.39. The minimum atomic E-state index is -4.38. The molecule has 0 amide bonds. The van der Waals surface area contributed by atoms with Crippen molar-refractivity contribution in [3.05, 3.63) is 47.5 Å². The Hall–Kier alpha value is -2.69. The van der Waals surface area contributed by atoms with Crippen LogP contribution in [0.5, 0.6) is 11.5 Å². The molecule has 4 rings (SSSR count). The van der Waals surface area contributed by atoms with Gasteiger partial charge in [0.2, 0.25) is 0 Å². The number of methoxy groups -OCH3 is 1. The summed E-state index contributed by atoms with van der Waals surface area (Å²) < 4.78 is 52.9. The normalized spacial score (nSPS) is 18.7. The maximum atomic E-state index is 14.0. The smallest absolute Gasteiger partial charge is 0.404 e. The lowest BCUT2D eigenvalue weighted by Crippen LogP contribution is -2.51. The van der Waals surface area contributed by atoms with Gasteiger partial charge < -0.3 is 19.7 Å². The highest BCUT2D eigenvalue weighted by Crippen LogP contribution is 2.43. The van der Waals surface area contributed by atoms with Crippen molar-refractivity contribution in [2.75, 3.05) is 30.3 Å². The van der Waals surface area contributed by atoms with Gasteiger partial charge in [-0.3, -0.25) is 10.4 Å². The summed E-state index contributed by atoms with van der Waals surface area (Å²) in [6, 6.07) is 8.73. The first-order chi connectivity index (χ1) is 16.5. The molecule has 0 saturated carbocycles. The number of nitrogens with one attached hydrogen (secondary N) is 1. The van der Waals surface area contributed by atoms with E-state index in [1.165, 1.54) is 7.11 Å². The van der Waals surface area contributed by atoms with E-state index < -0.39 is 23.7 Å². The topological polar surface area (TPSA) is 77.4 Å². The first-order valence-electron chi connectivity index (χ1n) is 11.7. The number of nitrogens with zero attached hydrogens (tertiary/aromatic N) is 2. The van der Waals surface area contributed by atoms with Crippen molar-refractivity contribution in [3.8, 4) is 11.5 Å². The molecule has 2 aromatic carbocycles. The summed E-state index contributed by atoms with van der Waals surface area (Å²) in [4.78, 5) is 1.89. The van der Waals surface area contributed by atoms with Crippen LogP contribution in [0.1, 0.15) is 37.8 Å². The third kappa shape index (κ3) is 5.76. The fourth-order valence-corrected chi connectivity index (χ4v) is 5.03. The van der Waals surface area contributed by atoms with Crippen molar-refractivity contribution >= 4 is 11.4 Å². The molecule has 0 aliphatic carbocycles. The minimum absolute atomic E-state index is 0.0714. The van der Waals surface area contributed by atoms with Gasteiger partial charge in [0, 0.05) is 37.7 Å². The largest absolute Gasteiger partial charge is 0.497 e. The van der Waals surface area contributed by atoms with E-state index in [-0.39, 0.29) is 17.5 Å². The van der Waals surface area contributed by atoms with Crippen LogP contribution in [0, 0.1) is 5.92 Å². The van der Waals surface area contributed by atoms with Gasteiger partial charge in [0.1, 0.15) is 28.8 Å². The number of rotatable bonds is 7. The Balaban J connectivity index is 1.45. The summed E-state index contributed by atoms with van der Waals surface area (Å²) in [5, 5.41) is 22.4. The summed E-state index contributed by atoms with van der Waals surface area (Å²) in [5.74, 6) is 0.710. The van der Waals surface area contributed by atoms with Gasteiger partial charge in [-0.05, 0) is 56.4 Å². The highest BCUT2D eigenvalue weighted by Gasteiger charge is 2.45. The molecule has 7 nitrogen and oxygen atoms in total. The summed E-state index contributed by atoms with van der Waals surface area (Å²) >= 11 is 0. The molecule has 1 unspecified atom stereocenters. The van der Waals surface area contributed by atoms with E-state index >= 15 is 0 Å². The molecular formula is C25H32F3N3O4. The summed E-state index contributed by atoms with van der Waals surface area (Å²) in [6.45, 7) is 4.70. The van der Waals surface area contributed by atoms with E-state index in [2.05, 4.69) is 5.32 Å². The SMILES string of the molecule is COc1ccc(CNC(C2CCN(c3cc4c(cc3N(O)O)CC(C)(C)O4)CC2)C(F)(F)F)cc1. The Morgan fingerprint density at radius 2 is 1.83 bits per heavy atom. The number of piperidine rings is 1. The second kappa shape index (κ2) is 9.75. The molecule has 35 heavy (non-hydrogen) atoms. The van der Waals surface area contributed by atoms with Gasteiger partial charge >= 0.3 is 6.18 Å². The van der Waals surface area contributed by atoms with Crippen LogP contribution in [-0.2, 0) is 13.0 Å². The number of hydrogen-bond donors (Lipinski definition) is 3. The fraction of sp³-hybridized carbons (Fsp3) is 0.520. The van der Waals surface area contributed by atoms with Crippen LogP contribution in [0.3, 0.4) is 0 Å². The highest BCUT2D eigenvalue weighted by molar-refractivity contribution is 5.74. The highest BCUT2D eigenvalue weighted by atomic mass is 19.4. The Morgan fingerprint density at radius 1 is 1.17 bits per heavy atom. The van der Waals surface area contributed by atoms with Gasteiger partial charge in [-0.2, -0.15) is 13.2 Å². The predicted molar refractivity (Wildman–Crippen MR) is 126 cm³/mol. The van der Waals surface area contributed by atoms with Crippen LogP contribution in [-0.4, -0.2) is 48.4 Å². The quantitative estimate of drug-likeness (QED) is 0.470. The van der Waals surface area contributed by atoms with Crippen molar-refractivity contribution in [1.82, 2.24) is 5.32 Å². The van der Waals surface area contributed by atoms with E-state index in [1.54, 1.807) is 36.4 Å². The van der Waals surface area contributed by atoms with Gasteiger partial charge in [0.05, 0.1) is 12.8 Å². The number of hydrogen-bond acceptors (Lipinski definition) is 7. The Bertz CT molecular complexity index is 1020. The van der Waals surface area contributed by atoms with E-state index in [0.717, 1.165) is 11.1 Å². The average molecular weight is 496 g/mol. The maximum Gasteiger partial charge on any atom is 0.404 e. The summed E-state index contributed by atoms with van der Waals surface area (Å²) in [6.07, 6.45) is -3.15. The number of alkyl halides is 3. The van der Waals surface area contributed by atoms with Crippen molar-refractivity contribution < 1.29 is 33.1 Å². The Morgan fingerprint density at radius 3 is 2.40 bits per heavy atom. The van der Waals surface area contributed by atoms with E-state index in [4.69, 9.17) is 9.47 Å². The molecular weight excluding hydrogens is 463 g/mol. The molecule has 1 fully saturated rings. The van der Waals surface area contributed by atoms with Crippen LogP contribution >= 0.6 is 0 Å². The van der Waals surface area contributed by atoms with Crippen molar-refractivity contribution in [2.24, 2.45) is 5.92 Å². The number of ether oxygens (including phenoxy) is 2. The summed E-state index contributed by atoms with van der Waals surface area (Å²) in [7, 11) is 1.54. The third-order valence-electron chi connectivity index (χ3n) is 6.77. The van der Waals surface area contributed by atoms with Gasteiger partial charge in [-0.25, -0.2) is 0 Å². The number of anilines is 2. The van der Waals surface area contributed by atoms with Crippen molar-refractivity contribution in [1.29, 1.82) is 0 Å². The lowest BCUT2D eigenvalue weighted by molar-refractivity contribution is -0.170. The van der Waals surface area contributed by atoms with E-state index in [0.29, 0.717) is 49.5 Å². The molecule has 0 spiro atoms. The molecule has 192 valence electrons. The van der Waals surface area contributed by atoms with Gasteiger partial charge in [-0.1, -0.05) is 12.1 Å². The van der Waals surface area contributed by atoms with Crippen molar-refractivity contribution in [2.45, 2.75) is 57.5 Å². The molecule has 0 radical (unpaired) electrons. The Labute approximate surface area is 203 Å². The average Bonchev–Trinajstić information content (AvgIpc) is 3.11. The number of benzene rings is 2. The fourth-order valence-electron chi connectivity index (χ4n) is 5.03. The molecule has 2 aliphatic heterocycles. The minimum Gasteiger partial charge on any atom is -0.497 e. The number of halogens is 3. The van der Waals surface area contributed by atoms with Gasteiger partial charge in [-0.15, -0.1) is 5.23 Å². The molecule has 3 N–H and O–H groups in total. The second-order valence-corrected chi connectivity index (χ2v) is 9.85. The summed E-state index contributed by atoms with van der Waals surface area (Å²) in [5.41, 5.74) is 1.91. The zero-order chi connectivity index (χ0) is 25.4. The molecule has 2 aromatic rings. The Kier molecular flexibility index (Phi) is 7.08. The molecule has 2 heterocycles. The standard InChI is InChI=1S/C25H32F3N3O4/c1-24(2)14-18-12-21(31(32)33)20(13-22(18)35-24)30-10-8-17(9-11-30)23(25(26,27)28)29-15-16-4-6-19(34-3)7-5-16/h4-7,12-13,17,23,29,32-33H,8-11,14-15H2,1-3H3. The maximum absolute atomic E-state index is 14.0. The second-order valence-electron chi connectivity index (χ2n) is 9.85. The predicted octanol–water partition coefficient (Wildman–Crippen LogP) is 4.93. The van der Waals surface area contributed by atoms with Crippen LogP contribution in [0.2, 0.25) is 0 Å².